The van der Waals surface area contributed by atoms with Crippen molar-refractivity contribution in [2.45, 2.75) is 32.6 Å². The number of carbonyl (C=O) groups is 1. The summed E-state index contributed by atoms with van der Waals surface area (Å²) in [5.74, 6) is -0.878. The van der Waals surface area contributed by atoms with E-state index in [4.69, 9.17) is 9.84 Å². The number of aliphatic carboxylic acids is 1. The summed E-state index contributed by atoms with van der Waals surface area (Å²) in [6.07, 6.45) is 4.86. The highest BCUT2D eigenvalue weighted by Gasteiger charge is 2.28. The predicted molar refractivity (Wildman–Crippen MR) is 45.0 cm³/mol. The van der Waals surface area contributed by atoms with Crippen molar-refractivity contribution in [3.63, 3.8) is 0 Å². The van der Waals surface area contributed by atoms with Crippen LogP contribution >= 0.6 is 0 Å². The van der Waals surface area contributed by atoms with Crippen LogP contribution in [-0.2, 0) is 9.53 Å². The molecule has 3 heteroatoms. The second-order valence-corrected chi connectivity index (χ2v) is 3.90. The number of hydrogen-bond acceptors (Lipinski definition) is 2. The van der Waals surface area contributed by atoms with Crippen LogP contribution in [0.1, 0.15) is 32.6 Å². The summed E-state index contributed by atoms with van der Waals surface area (Å²) < 4.78 is 5.08. The van der Waals surface area contributed by atoms with Gasteiger partial charge in [-0.3, -0.25) is 0 Å². The first-order valence-electron chi connectivity index (χ1n) is 4.42. The monoisotopic (exact) mass is 172 g/mol. The zero-order valence-corrected chi connectivity index (χ0v) is 7.51. The first kappa shape index (κ1) is 9.52. The maximum Gasteiger partial charge on any atom is 0.329 e. The van der Waals surface area contributed by atoms with Gasteiger partial charge in [-0.2, -0.15) is 0 Å². The summed E-state index contributed by atoms with van der Waals surface area (Å²) >= 11 is 0. The van der Waals surface area contributed by atoms with Gasteiger partial charge in [0.1, 0.15) is 6.61 Å². The molecule has 1 N–H and O–H groups in total. The molecule has 1 saturated carbocycles. The minimum atomic E-state index is -0.878. The Hall–Kier alpha value is -0.570. The van der Waals surface area contributed by atoms with E-state index in [0.717, 1.165) is 0 Å². The van der Waals surface area contributed by atoms with Crippen molar-refractivity contribution in [2.24, 2.45) is 5.41 Å². The lowest BCUT2D eigenvalue weighted by Crippen LogP contribution is -2.21. The predicted octanol–water partition coefficient (Wildman–Crippen LogP) is 1.67. The molecular formula is C9H16O3. The van der Waals surface area contributed by atoms with Gasteiger partial charge in [-0.1, -0.05) is 19.8 Å². The molecule has 0 bridgehead atoms. The molecule has 0 saturated heterocycles. The third-order valence-electron chi connectivity index (χ3n) is 2.49. The van der Waals surface area contributed by atoms with Crippen molar-refractivity contribution in [1.82, 2.24) is 0 Å². The highest BCUT2D eigenvalue weighted by molar-refractivity contribution is 5.67. The average Bonchev–Trinajstić information content (AvgIpc) is 2.35. The molecule has 0 spiro atoms. The SMILES string of the molecule is CC1(COCC(=O)O)CCCC1. The molecule has 0 heterocycles. The molecule has 0 aliphatic heterocycles. The molecule has 3 nitrogen and oxygen atoms in total. The van der Waals surface area contributed by atoms with Gasteiger partial charge in [0.2, 0.25) is 0 Å². The zero-order valence-electron chi connectivity index (χ0n) is 7.51. The largest absolute Gasteiger partial charge is 0.480 e. The van der Waals surface area contributed by atoms with Gasteiger partial charge in [-0.05, 0) is 18.3 Å². The van der Waals surface area contributed by atoms with E-state index in [-0.39, 0.29) is 12.0 Å². The molecular weight excluding hydrogens is 156 g/mol. The highest BCUT2D eigenvalue weighted by Crippen LogP contribution is 2.37. The average molecular weight is 172 g/mol. The van der Waals surface area contributed by atoms with Gasteiger partial charge in [0, 0.05) is 0 Å². The minimum Gasteiger partial charge on any atom is -0.480 e. The van der Waals surface area contributed by atoms with Gasteiger partial charge in [0.15, 0.2) is 0 Å². The molecule has 1 aliphatic rings. The molecule has 12 heavy (non-hydrogen) atoms. The van der Waals surface area contributed by atoms with Gasteiger partial charge >= 0.3 is 5.97 Å². The minimum absolute atomic E-state index is 0.157. The molecule has 1 rings (SSSR count). The summed E-state index contributed by atoms with van der Waals surface area (Å²) in [4.78, 5) is 10.2. The van der Waals surface area contributed by atoms with Gasteiger partial charge in [0.25, 0.3) is 0 Å². The summed E-state index contributed by atoms with van der Waals surface area (Å²) in [6, 6.07) is 0. The quantitative estimate of drug-likeness (QED) is 0.701. The Morgan fingerprint density at radius 3 is 2.58 bits per heavy atom. The lowest BCUT2D eigenvalue weighted by Gasteiger charge is -2.22. The Kier molecular flexibility index (Phi) is 3.09. The van der Waals surface area contributed by atoms with Crippen molar-refractivity contribution < 1.29 is 14.6 Å². The first-order valence-corrected chi connectivity index (χ1v) is 4.42. The van der Waals surface area contributed by atoms with Crippen LogP contribution in [0.3, 0.4) is 0 Å². The normalized spacial score (nSPS) is 21.1. The number of rotatable bonds is 4. The van der Waals surface area contributed by atoms with Crippen LogP contribution in [0.15, 0.2) is 0 Å². The Balaban J connectivity index is 2.17. The Morgan fingerprint density at radius 2 is 2.08 bits per heavy atom. The van der Waals surface area contributed by atoms with E-state index in [0.29, 0.717) is 6.61 Å². The Morgan fingerprint density at radius 1 is 1.50 bits per heavy atom. The Labute approximate surface area is 72.7 Å². The van der Waals surface area contributed by atoms with Crippen LogP contribution in [0.2, 0.25) is 0 Å². The van der Waals surface area contributed by atoms with Crippen molar-refractivity contribution in [3.8, 4) is 0 Å². The highest BCUT2D eigenvalue weighted by atomic mass is 16.5. The first-order chi connectivity index (χ1) is 5.62. The summed E-state index contributed by atoms with van der Waals surface area (Å²) in [7, 11) is 0. The molecule has 0 aromatic rings. The lowest BCUT2D eigenvalue weighted by molar-refractivity contribution is -0.143. The Bertz CT molecular complexity index is 159. The fourth-order valence-corrected chi connectivity index (χ4v) is 1.76. The zero-order chi connectivity index (χ0) is 9.03. The topological polar surface area (TPSA) is 46.5 Å². The number of carboxylic acid groups (broad SMARTS) is 1. The number of ether oxygens (including phenoxy) is 1. The molecule has 1 fully saturated rings. The van der Waals surface area contributed by atoms with Gasteiger partial charge in [-0.25, -0.2) is 4.79 Å². The summed E-state index contributed by atoms with van der Waals surface area (Å²) in [6.45, 7) is 2.61. The van der Waals surface area contributed by atoms with Crippen LogP contribution in [-0.4, -0.2) is 24.3 Å². The third-order valence-corrected chi connectivity index (χ3v) is 2.49. The van der Waals surface area contributed by atoms with Crippen molar-refractivity contribution in [2.75, 3.05) is 13.2 Å². The van der Waals surface area contributed by atoms with Gasteiger partial charge < -0.3 is 9.84 Å². The molecule has 0 atom stereocenters. The number of carboxylic acids is 1. The third kappa shape index (κ3) is 2.81. The van der Waals surface area contributed by atoms with Crippen LogP contribution < -0.4 is 0 Å². The van der Waals surface area contributed by atoms with E-state index in [2.05, 4.69) is 6.92 Å². The molecule has 0 aromatic heterocycles. The van der Waals surface area contributed by atoms with E-state index in [1.165, 1.54) is 25.7 Å². The van der Waals surface area contributed by atoms with E-state index >= 15 is 0 Å². The second kappa shape index (κ2) is 3.90. The second-order valence-electron chi connectivity index (χ2n) is 3.90. The van der Waals surface area contributed by atoms with Crippen molar-refractivity contribution in [3.05, 3.63) is 0 Å². The fourth-order valence-electron chi connectivity index (χ4n) is 1.76. The molecule has 0 unspecified atom stereocenters. The number of hydrogen-bond donors (Lipinski definition) is 1. The smallest absolute Gasteiger partial charge is 0.329 e. The van der Waals surface area contributed by atoms with Crippen LogP contribution in [0, 0.1) is 5.41 Å². The van der Waals surface area contributed by atoms with E-state index < -0.39 is 5.97 Å². The summed E-state index contributed by atoms with van der Waals surface area (Å²) in [5.41, 5.74) is 0.245. The van der Waals surface area contributed by atoms with E-state index in [9.17, 15) is 4.79 Å². The maximum absolute atomic E-state index is 10.2. The lowest BCUT2D eigenvalue weighted by atomic mass is 9.90. The van der Waals surface area contributed by atoms with Crippen LogP contribution in [0.25, 0.3) is 0 Å². The van der Waals surface area contributed by atoms with Gasteiger partial charge in [0.05, 0.1) is 6.61 Å². The standard InChI is InChI=1S/C9H16O3/c1-9(4-2-3-5-9)7-12-6-8(10)11/h2-7H2,1H3,(H,10,11). The van der Waals surface area contributed by atoms with Gasteiger partial charge in [-0.15, -0.1) is 0 Å². The molecule has 70 valence electrons. The fraction of sp³-hybridized carbons (Fsp3) is 0.889. The molecule has 1 aliphatic carbocycles. The summed E-state index contributed by atoms with van der Waals surface area (Å²) in [5, 5.41) is 8.35. The maximum atomic E-state index is 10.2. The molecule has 0 radical (unpaired) electrons. The van der Waals surface area contributed by atoms with Crippen LogP contribution in [0.4, 0.5) is 0 Å². The van der Waals surface area contributed by atoms with Crippen molar-refractivity contribution in [1.29, 1.82) is 0 Å². The van der Waals surface area contributed by atoms with E-state index in [1.807, 2.05) is 0 Å². The van der Waals surface area contributed by atoms with Crippen LogP contribution in [0.5, 0.6) is 0 Å². The molecule has 0 aromatic carbocycles. The van der Waals surface area contributed by atoms with E-state index in [1.54, 1.807) is 0 Å². The van der Waals surface area contributed by atoms with Crippen molar-refractivity contribution >= 4 is 5.97 Å². The molecule has 0 amide bonds.